The molecule has 6 aromatic rings. The Hall–Kier alpha value is -6.20. The van der Waals surface area contributed by atoms with Crippen LogP contribution in [0, 0.1) is 17.2 Å². The molecule has 2 aromatic carbocycles. The lowest BCUT2D eigenvalue weighted by Crippen LogP contribution is -2.49. The van der Waals surface area contributed by atoms with Crippen LogP contribution >= 0.6 is 0 Å². The third kappa shape index (κ3) is 6.40. The summed E-state index contributed by atoms with van der Waals surface area (Å²) in [4.78, 5) is 50.5. The number of likely N-dealkylation sites (tertiary alicyclic amines) is 1. The molecule has 0 radical (unpaired) electrons. The number of carbonyl (C=O) groups is 3. The Balaban J connectivity index is 0.788. The van der Waals surface area contributed by atoms with Crippen LogP contribution in [0.2, 0.25) is 0 Å². The summed E-state index contributed by atoms with van der Waals surface area (Å²) in [5.41, 5.74) is 4.69. The SMILES string of the molecule is N#Cc1cnc2c(C(=O)Nc3ccc4nn(C5CCC(CN6CCC(c7cccc8c(N9CCC(=O)NC9=O)cncc78)CC6)CC5)cc4c3)cnn2c1. The number of piperidine rings is 1. The van der Waals surface area contributed by atoms with Crippen molar-refractivity contribution in [1.29, 1.82) is 5.26 Å². The van der Waals surface area contributed by atoms with E-state index in [9.17, 15) is 14.4 Å². The minimum absolute atomic E-state index is 0.241. The van der Waals surface area contributed by atoms with Crippen LogP contribution in [-0.2, 0) is 4.79 Å². The van der Waals surface area contributed by atoms with E-state index in [-0.39, 0.29) is 24.3 Å². The van der Waals surface area contributed by atoms with Gasteiger partial charge in [-0.3, -0.25) is 29.5 Å². The second kappa shape index (κ2) is 14.0. The number of carbonyl (C=O) groups excluding carboxylic acids is 3. The summed E-state index contributed by atoms with van der Waals surface area (Å²) in [6.07, 6.45) is 17.1. The van der Waals surface area contributed by atoms with Crippen molar-refractivity contribution in [2.24, 2.45) is 5.92 Å². The van der Waals surface area contributed by atoms with Gasteiger partial charge < -0.3 is 10.2 Å². The van der Waals surface area contributed by atoms with Crippen molar-refractivity contribution >= 4 is 56.5 Å². The second-order valence-corrected chi connectivity index (χ2v) is 14.7. The third-order valence-electron chi connectivity index (χ3n) is 11.4. The predicted octanol–water partition coefficient (Wildman–Crippen LogP) is 5.81. The summed E-state index contributed by atoms with van der Waals surface area (Å²) in [6, 6.07) is 14.1. The molecule has 0 bridgehead atoms. The van der Waals surface area contributed by atoms with E-state index in [4.69, 9.17) is 10.4 Å². The number of rotatable bonds is 7. The lowest BCUT2D eigenvalue weighted by Gasteiger charge is -2.37. The van der Waals surface area contributed by atoms with E-state index < -0.39 is 0 Å². The van der Waals surface area contributed by atoms with Gasteiger partial charge in [0, 0.05) is 59.9 Å². The van der Waals surface area contributed by atoms with Gasteiger partial charge in [0.15, 0.2) is 5.65 Å². The number of nitrogens with one attached hydrogen (secondary N) is 2. The number of hydrogen-bond donors (Lipinski definition) is 2. The van der Waals surface area contributed by atoms with Crippen molar-refractivity contribution in [1.82, 2.24) is 39.6 Å². The summed E-state index contributed by atoms with van der Waals surface area (Å²) in [7, 11) is 0. The Morgan fingerprint density at radius 3 is 2.61 bits per heavy atom. The Labute approximate surface area is 310 Å². The Bertz CT molecular complexity index is 2470. The van der Waals surface area contributed by atoms with Crippen LogP contribution in [0.15, 0.2) is 73.6 Å². The Morgan fingerprint density at radius 2 is 1.80 bits per heavy atom. The molecule has 3 aliphatic rings. The molecule has 2 aliphatic heterocycles. The molecule has 0 unspecified atom stereocenters. The highest BCUT2D eigenvalue weighted by Gasteiger charge is 2.30. The molecule has 6 heterocycles. The first-order valence-electron chi connectivity index (χ1n) is 18.6. The maximum absolute atomic E-state index is 13.1. The largest absolute Gasteiger partial charge is 0.328 e. The zero-order valence-corrected chi connectivity index (χ0v) is 29.7. The highest BCUT2D eigenvalue weighted by molar-refractivity contribution is 6.10. The van der Waals surface area contributed by atoms with E-state index >= 15 is 0 Å². The molecule has 272 valence electrons. The minimum atomic E-state index is -0.388. The second-order valence-electron chi connectivity index (χ2n) is 14.7. The van der Waals surface area contributed by atoms with Gasteiger partial charge in [0.1, 0.15) is 11.6 Å². The number of amides is 4. The van der Waals surface area contributed by atoms with Gasteiger partial charge in [-0.05, 0) is 87.2 Å². The quantitative estimate of drug-likeness (QED) is 0.207. The Kier molecular flexibility index (Phi) is 8.70. The van der Waals surface area contributed by atoms with Gasteiger partial charge in [-0.15, -0.1) is 0 Å². The van der Waals surface area contributed by atoms with Gasteiger partial charge >= 0.3 is 6.03 Å². The van der Waals surface area contributed by atoms with Gasteiger partial charge in [-0.2, -0.15) is 15.5 Å². The predicted molar refractivity (Wildman–Crippen MR) is 202 cm³/mol. The van der Waals surface area contributed by atoms with Crippen LogP contribution in [0.25, 0.3) is 27.3 Å². The molecule has 4 aromatic heterocycles. The zero-order valence-electron chi connectivity index (χ0n) is 29.7. The smallest absolute Gasteiger partial charge is 0.322 e. The lowest BCUT2D eigenvalue weighted by molar-refractivity contribution is -0.120. The van der Waals surface area contributed by atoms with E-state index in [0.717, 1.165) is 72.7 Å². The number of urea groups is 1. The molecule has 2 saturated heterocycles. The van der Waals surface area contributed by atoms with Crippen molar-refractivity contribution in [2.45, 2.75) is 56.9 Å². The molecule has 1 aliphatic carbocycles. The zero-order chi connectivity index (χ0) is 36.8. The van der Waals surface area contributed by atoms with Gasteiger partial charge in [0.05, 0.1) is 41.4 Å². The van der Waals surface area contributed by atoms with E-state index in [0.29, 0.717) is 46.9 Å². The van der Waals surface area contributed by atoms with Crippen molar-refractivity contribution in [2.75, 3.05) is 36.4 Å². The standard InChI is InChI=1S/C40H39N11O3/c41-17-26-18-43-38-34(20-44-51(38)23-26)39(53)45-29-6-9-35-28(16-29)24-50(47-35)30-7-4-25(5-8-30)22-48-13-10-27(11-14-48)31-2-1-3-32-33(31)19-42-21-36(32)49-15-12-37(52)46-40(49)54/h1-3,6,9,16,18-21,23-25,27,30H,4-5,7-8,10-15,22H2,(H,45,53)(H,46,52,54). The number of benzene rings is 2. The van der Waals surface area contributed by atoms with Gasteiger partial charge in [-0.25, -0.2) is 14.3 Å². The molecule has 3 fully saturated rings. The maximum atomic E-state index is 13.1. The number of fused-ring (bicyclic) bond motifs is 3. The fourth-order valence-corrected chi connectivity index (χ4v) is 8.55. The molecule has 0 atom stereocenters. The van der Waals surface area contributed by atoms with Gasteiger partial charge in [0.2, 0.25) is 5.91 Å². The van der Waals surface area contributed by atoms with Gasteiger partial charge in [0.25, 0.3) is 5.91 Å². The molecule has 14 nitrogen and oxygen atoms in total. The molecule has 0 spiro atoms. The van der Waals surface area contributed by atoms with Gasteiger partial charge in [-0.1, -0.05) is 18.2 Å². The topological polar surface area (TPSA) is 166 Å². The first kappa shape index (κ1) is 33.6. The number of aromatic nitrogens is 6. The fourth-order valence-electron chi connectivity index (χ4n) is 8.55. The van der Waals surface area contributed by atoms with E-state index in [1.807, 2.05) is 36.5 Å². The van der Waals surface area contributed by atoms with Crippen LogP contribution in [0.4, 0.5) is 16.2 Å². The minimum Gasteiger partial charge on any atom is -0.322 e. The molecule has 9 rings (SSSR count). The Morgan fingerprint density at radius 1 is 0.944 bits per heavy atom. The van der Waals surface area contributed by atoms with Crippen molar-refractivity contribution in [3.8, 4) is 6.07 Å². The highest BCUT2D eigenvalue weighted by atomic mass is 16.2. The molecular formula is C40H39N11O3. The van der Waals surface area contributed by atoms with Crippen LogP contribution < -0.4 is 15.5 Å². The van der Waals surface area contributed by atoms with E-state index in [2.05, 4.69) is 53.6 Å². The average molecular weight is 722 g/mol. The molecule has 54 heavy (non-hydrogen) atoms. The monoisotopic (exact) mass is 721 g/mol. The summed E-state index contributed by atoms with van der Waals surface area (Å²) < 4.78 is 3.55. The molecule has 2 N–H and O–H groups in total. The summed E-state index contributed by atoms with van der Waals surface area (Å²) in [6.45, 7) is 3.60. The average Bonchev–Trinajstić information content (AvgIpc) is 3.82. The van der Waals surface area contributed by atoms with E-state index in [1.54, 1.807) is 17.3 Å². The number of anilines is 2. The number of hydrogen-bond acceptors (Lipinski definition) is 9. The summed E-state index contributed by atoms with van der Waals surface area (Å²) >= 11 is 0. The lowest BCUT2D eigenvalue weighted by atomic mass is 9.84. The first-order chi connectivity index (χ1) is 26.4. The first-order valence-corrected chi connectivity index (χ1v) is 18.6. The van der Waals surface area contributed by atoms with Crippen LogP contribution in [0.5, 0.6) is 0 Å². The molecule has 14 heteroatoms. The van der Waals surface area contributed by atoms with Crippen LogP contribution in [0.3, 0.4) is 0 Å². The highest BCUT2D eigenvalue weighted by Crippen LogP contribution is 2.38. The number of nitriles is 1. The van der Waals surface area contributed by atoms with Crippen LogP contribution in [-0.4, -0.2) is 78.3 Å². The van der Waals surface area contributed by atoms with Crippen molar-refractivity contribution in [3.63, 3.8) is 0 Å². The number of pyridine rings is 1. The number of nitrogens with zero attached hydrogens (tertiary/aromatic N) is 9. The molecule has 4 amide bonds. The normalized spacial score (nSPS) is 20.0. The molecular weight excluding hydrogens is 683 g/mol. The summed E-state index contributed by atoms with van der Waals surface area (Å²) in [5, 5.41) is 26.7. The maximum Gasteiger partial charge on any atom is 0.328 e. The summed E-state index contributed by atoms with van der Waals surface area (Å²) in [5.74, 6) is 0.535. The van der Waals surface area contributed by atoms with Crippen molar-refractivity contribution in [3.05, 3.63) is 90.3 Å². The van der Waals surface area contributed by atoms with Crippen molar-refractivity contribution < 1.29 is 14.4 Å². The van der Waals surface area contributed by atoms with E-state index in [1.165, 1.54) is 35.3 Å². The third-order valence-corrected chi connectivity index (χ3v) is 11.4. The molecule has 1 saturated carbocycles. The number of imide groups is 1. The van der Waals surface area contributed by atoms with Crippen LogP contribution in [0.1, 0.15) is 78.4 Å². The fraction of sp³-hybridized carbons (Fsp3) is 0.350.